The molecule has 25 heavy (non-hydrogen) atoms. The van der Waals surface area contributed by atoms with Crippen LogP contribution in [0.25, 0.3) is 0 Å². The maximum absolute atomic E-state index is 12.2. The van der Waals surface area contributed by atoms with Gasteiger partial charge < -0.3 is 19.5 Å². The monoisotopic (exact) mass is 348 g/mol. The van der Waals surface area contributed by atoms with Crippen LogP contribution in [0.3, 0.4) is 0 Å². The highest BCUT2D eigenvalue weighted by molar-refractivity contribution is 5.82. The molecule has 4 rings (SSSR count). The van der Waals surface area contributed by atoms with E-state index in [4.69, 9.17) is 14.2 Å². The molecule has 1 amide bonds. The summed E-state index contributed by atoms with van der Waals surface area (Å²) in [7, 11) is 0. The predicted molar refractivity (Wildman–Crippen MR) is 86.2 cm³/mol. The largest absolute Gasteiger partial charge is 0.454 e. The standard InChI is InChI=1S/C17H20N2O6/c20-16(12-8-13(12)19(21)22)18-9-17(3-5-23-6-4-17)11-1-2-14-15(7-11)25-10-24-14/h1-2,7,12-13H,3-6,8-10H2,(H,18,20)/t12-,13-/m0/s1. The molecule has 1 aliphatic carbocycles. The summed E-state index contributed by atoms with van der Waals surface area (Å²) in [6.07, 6.45) is 1.88. The summed E-state index contributed by atoms with van der Waals surface area (Å²) in [5.41, 5.74) is 0.815. The van der Waals surface area contributed by atoms with E-state index in [1.807, 2.05) is 18.2 Å². The molecule has 1 aromatic rings. The van der Waals surface area contributed by atoms with Crippen LogP contribution >= 0.6 is 0 Å². The number of rotatable bonds is 5. The Bertz CT molecular complexity index is 700. The molecule has 1 saturated carbocycles. The van der Waals surface area contributed by atoms with E-state index in [1.54, 1.807) is 0 Å². The Morgan fingerprint density at radius 1 is 1.28 bits per heavy atom. The molecule has 3 aliphatic rings. The number of fused-ring (bicyclic) bond motifs is 1. The topological polar surface area (TPSA) is 99.9 Å². The van der Waals surface area contributed by atoms with Gasteiger partial charge in [0.05, 0.1) is 0 Å². The molecule has 0 radical (unpaired) electrons. The second-order valence-electron chi connectivity index (χ2n) is 6.87. The van der Waals surface area contributed by atoms with Gasteiger partial charge in [0.1, 0.15) is 5.92 Å². The average Bonchev–Trinajstić information content (AvgIpc) is 3.31. The average molecular weight is 348 g/mol. The minimum Gasteiger partial charge on any atom is -0.454 e. The Morgan fingerprint density at radius 2 is 2.04 bits per heavy atom. The van der Waals surface area contributed by atoms with E-state index in [0.29, 0.717) is 31.9 Å². The van der Waals surface area contributed by atoms with Crippen molar-refractivity contribution in [3.8, 4) is 11.5 Å². The zero-order valence-corrected chi connectivity index (χ0v) is 13.7. The van der Waals surface area contributed by atoms with Gasteiger partial charge in [-0.15, -0.1) is 0 Å². The summed E-state index contributed by atoms with van der Waals surface area (Å²) < 4.78 is 16.3. The molecule has 1 aromatic carbocycles. The van der Waals surface area contributed by atoms with Gasteiger partial charge in [-0.3, -0.25) is 14.9 Å². The highest BCUT2D eigenvalue weighted by Gasteiger charge is 2.53. The lowest BCUT2D eigenvalue weighted by Gasteiger charge is -2.38. The van der Waals surface area contributed by atoms with E-state index in [0.717, 1.165) is 24.2 Å². The Labute approximate surface area is 144 Å². The Balaban J connectivity index is 1.50. The number of nitro groups is 1. The molecule has 0 spiro atoms. The molecule has 2 fully saturated rings. The fourth-order valence-electron chi connectivity index (χ4n) is 3.64. The Morgan fingerprint density at radius 3 is 2.76 bits per heavy atom. The number of nitrogens with zero attached hydrogens (tertiary/aromatic N) is 1. The van der Waals surface area contributed by atoms with Crippen LogP contribution in [0.15, 0.2) is 18.2 Å². The normalized spacial score (nSPS) is 26.1. The molecule has 1 saturated heterocycles. The van der Waals surface area contributed by atoms with Crippen molar-refractivity contribution in [3.63, 3.8) is 0 Å². The van der Waals surface area contributed by atoms with E-state index in [2.05, 4.69) is 5.32 Å². The first-order chi connectivity index (χ1) is 12.1. The van der Waals surface area contributed by atoms with Crippen LogP contribution in [0.1, 0.15) is 24.8 Å². The number of hydrogen-bond acceptors (Lipinski definition) is 6. The van der Waals surface area contributed by atoms with E-state index in [-0.39, 0.29) is 23.0 Å². The van der Waals surface area contributed by atoms with Crippen LogP contribution in [0, 0.1) is 16.0 Å². The Kier molecular flexibility index (Phi) is 3.99. The number of nitrogens with one attached hydrogen (secondary N) is 1. The summed E-state index contributed by atoms with van der Waals surface area (Å²) in [6.45, 7) is 1.89. The maximum atomic E-state index is 12.2. The molecule has 0 unspecified atom stereocenters. The number of amides is 1. The van der Waals surface area contributed by atoms with Crippen LogP contribution in [-0.4, -0.2) is 43.4 Å². The highest BCUT2D eigenvalue weighted by Crippen LogP contribution is 2.41. The zero-order valence-electron chi connectivity index (χ0n) is 13.7. The zero-order chi connectivity index (χ0) is 17.4. The van der Waals surface area contributed by atoms with Crippen molar-refractivity contribution in [2.45, 2.75) is 30.7 Å². The second kappa shape index (κ2) is 6.18. The van der Waals surface area contributed by atoms with Crippen LogP contribution in [-0.2, 0) is 14.9 Å². The van der Waals surface area contributed by atoms with Crippen LogP contribution in [0.5, 0.6) is 11.5 Å². The molecule has 2 aliphatic heterocycles. The third-order valence-corrected chi connectivity index (χ3v) is 5.40. The molecule has 2 atom stereocenters. The number of carbonyl (C=O) groups excluding carboxylic acids is 1. The third kappa shape index (κ3) is 3.02. The minimum atomic E-state index is -0.726. The highest BCUT2D eigenvalue weighted by atomic mass is 16.7. The fourth-order valence-corrected chi connectivity index (χ4v) is 3.64. The molecule has 8 heteroatoms. The smallest absolute Gasteiger partial charge is 0.231 e. The predicted octanol–water partition coefficient (Wildman–Crippen LogP) is 1.24. The quantitative estimate of drug-likeness (QED) is 0.635. The first-order valence-electron chi connectivity index (χ1n) is 8.48. The molecule has 0 bridgehead atoms. The Hall–Kier alpha value is -2.35. The van der Waals surface area contributed by atoms with E-state index in [9.17, 15) is 14.9 Å². The number of ether oxygens (including phenoxy) is 3. The van der Waals surface area contributed by atoms with Crippen molar-refractivity contribution in [3.05, 3.63) is 33.9 Å². The van der Waals surface area contributed by atoms with Gasteiger partial charge in [-0.05, 0) is 30.5 Å². The van der Waals surface area contributed by atoms with E-state index < -0.39 is 12.0 Å². The summed E-state index contributed by atoms with van der Waals surface area (Å²) in [5, 5.41) is 13.7. The first-order valence-corrected chi connectivity index (χ1v) is 8.48. The van der Waals surface area contributed by atoms with Crippen molar-refractivity contribution in [1.29, 1.82) is 0 Å². The number of carbonyl (C=O) groups is 1. The maximum Gasteiger partial charge on any atom is 0.231 e. The lowest BCUT2D eigenvalue weighted by molar-refractivity contribution is -0.497. The molecular formula is C17H20N2O6. The molecule has 2 heterocycles. The van der Waals surface area contributed by atoms with Gasteiger partial charge in [0.2, 0.25) is 18.7 Å². The van der Waals surface area contributed by atoms with Crippen molar-refractivity contribution >= 4 is 5.91 Å². The van der Waals surface area contributed by atoms with Crippen LogP contribution < -0.4 is 14.8 Å². The third-order valence-electron chi connectivity index (χ3n) is 5.40. The van der Waals surface area contributed by atoms with Crippen molar-refractivity contribution in [2.24, 2.45) is 5.92 Å². The number of benzene rings is 1. The van der Waals surface area contributed by atoms with Gasteiger partial charge in [-0.25, -0.2) is 0 Å². The molecule has 1 N–H and O–H groups in total. The molecule has 0 aromatic heterocycles. The van der Waals surface area contributed by atoms with E-state index >= 15 is 0 Å². The minimum absolute atomic E-state index is 0.218. The van der Waals surface area contributed by atoms with Crippen molar-refractivity contribution in [1.82, 2.24) is 5.32 Å². The fraction of sp³-hybridized carbons (Fsp3) is 0.588. The van der Waals surface area contributed by atoms with Gasteiger partial charge in [0.15, 0.2) is 11.5 Å². The van der Waals surface area contributed by atoms with Gasteiger partial charge in [-0.1, -0.05) is 6.07 Å². The summed E-state index contributed by atoms with van der Waals surface area (Å²) in [5.74, 6) is 0.712. The van der Waals surface area contributed by atoms with Crippen LogP contribution in [0.4, 0.5) is 0 Å². The van der Waals surface area contributed by atoms with Crippen molar-refractivity contribution < 1.29 is 23.9 Å². The van der Waals surface area contributed by atoms with Gasteiger partial charge in [-0.2, -0.15) is 0 Å². The molecule has 8 nitrogen and oxygen atoms in total. The van der Waals surface area contributed by atoms with Crippen LogP contribution in [0.2, 0.25) is 0 Å². The summed E-state index contributed by atoms with van der Waals surface area (Å²) in [6, 6.07) is 5.13. The second-order valence-corrected chi connectivity index (χ2v) is 6.87. The lowest BCUT2D eigenvalue weighted by Crippen LogP contribution is -2.45. The van der Waals surface area contributed by atoms with Crippen molar-refractivity contribution in [2.75, 3.05) is 26.6 Å². The first kappa shape index (κ1) is 16.1. The van der Waals surface area contributed by atoms with Gasteiger partial charge >= 0.3 is 0 Å². The van der Waals surface area contributed by atoms with Gasteiger partial charge in [0.25, 0.3) is 0 Å². The van der Waals surface area contributed by atoms with Gasteiger partial charge in [0, 0.05) is 36.5 Å². The van der Waals surface area contributed by atoms with E-state index in [1.165, 1.54) is 0 Å². The molecular weight excluding hydrogens is 328 g/mol. The lowest BCUT2D eigenvalue weighted by atomic mass is 9.74. The molecule has 134 valence electrons. The summed E-state index contributed by atoms with van der Waals surface area (Å²) in [4.78, 5) is 22.6. The summed E-state index contributed by atoms with van der Waals surface area (Å²) >= 11 is 0. The SMILES string of the molecule is O=C(NCC1(c2ccc3c(c2)OCO3)CCOCC1)[C@H]1C[C@@H]1[N+](=O)[O-]. The number of hydrogen-bond donors (Lipinski definition) is 1.